The second-order valence-corrected chi connectivity index (χ2v) is 16.0. The molecule has 1 aliphatic carbocycles. The van der Waals surface area contributed by atoms with Crippen LogP contribution in [0.3, 0.4) is 0 Å². The topological polar surface area (TPSA) is 26.0 Å². The third kappa shape index (κ3) is 12.2. The Bertz CT molecular complexity index is 317. The van der Waals surface area contributed by atoms with Crippen LogP contribution in [-0.4, -0.2) is 13.6 Å². The van der Waals surface area contributed by atoms with Gasteiger partial charge in [-0.1, -0.05) is 116 Å². The van der Waals surface area contributed by atoms with Crippen LogP contribution in [0, 0.1) is 5.92 Å². The Morgan fingerprint density at radius 1 is 0.800 bits per heavy atom. The van der Waals surface area contributed by atoms with Crippen molar-refractivity contribution in [1.82, 2.24) is 0 Å². The van der Waals surface area contributed by atoms with Crippen molar-refractivity contribution in [2.75, 3.05) is 0 Å². The quantitative estimate of drug-likeness (QED) is 0.245. The van der Waals surface area contributed by atoms with Crippen LogP contribution in [0.4, 0.5) is 0 Å². The van der Waals surface area contributed by atoms with E-state index in [0.29, 0.717) is 0 Å². The van der Waals surface area contributed by atoms with Crippen molar-refractivity contribution in [2.45, 2.75) is 141 Å². The van der Waals surface area contributed by atoms with E-state index in [0.717, 1.165) is 5.92 Å². The Balaban J connectivity index is 2.28. The normalized spacial score (nSPS) is 19.1. The largest absolute Gasteiger partial charge is 0.325 e. The molecule has 25 heavy (non-hydrogen) atoms. The van der Waals surface area contributed by atoms with Gasteiger partial charge in [0.15, 0.2) is 0 Å². The third-order valence-electron chi connectivity index (χ3n) is 6.39. The van der Waals surface area contributed by atoms with Crippen LogP contribution in [0.2, 0.25) is 25.7 Å². The minimum atomic E-state index is -0.876. The monoisotopic (exact) mass is 367 g/mol. The van der Waals surface area contributed by atoms with Crippen molar-refractivity contribution >= 4 is 8.07 Å². The van der Waals surface area contributed by atoms with E-state index in [4.69, 9.17) is 5.73 Å². The molecule has 0 aromatic heterocycles. The molecule has 0 saturated heterocycles. The summed E-state index contributed by atoms with van der Waals surface area (Å²) in [6.07, 6.45) is 22.3. The maximum absolute atomic E-state index is 6.92. The summed E-state index contributed by atoms with van der Waals surface area (Å²) in [7, 11) is -0.876. The van der Waals surface area contributed by atoms with Crippen LogP contribution in [0.5, 0.6) is 0 Å². The molecule has 2 heteroatoms. The lowest BCUT2D eigenvalue weighted by Crippen LogP contribution is -2.39. The summed E-state index contributed by atoms with van der Waals surface area (Å²) in [6, 6.07) is 1.47. The highest BCUT2D eigenvalue weighted by Crippen LogP contribution is 2.30. The van der Waals surface area contributed by atoms with E-state index in [-0.39, 0.29) is 5.54 Å². The molecule has 1 unspecified atom stereocenters. The van der Waals surface area contributed by atoms with E-state index in [1.165, 1.54) is 109 Å². The molecular weight excluding hydrogens is 318 g/mol. The minimum Gasteiger partial charge on any atom is -0.325 e. The van der Waals surface area contributed by atoms with Crippen LogP contribution in [0.1, 0.15) is 110 Å². The molecule has 0 aromatic carbocycles. The van der Waals surface area contributed by atoms with Gasteiger partial charge in [-0.25, -0.2) is 0 Å². The van der Waals surface area contributed by atoms with E-state index in [1.807, 2.05) is 0 Å². The van der Waals surface area contributed by atoms with E-state index in [2.05, 4.69) is 26.6 Å². The minimum absolute atomic E-state index is 0.140. The fraction of sp³-hybridized carbons (Fsp3) is 1.00. The Kier molecular flexibility index (Phi) is 11.6. The Labute approximate surface area is 160 Å². The molecule has 0 bridgehead atoms. The van der Waals surface area contributed by atoms with Gasteiger partial charge in [0.25, 0.3) is 0 Å². The zero-order valence-electron chi connectivity index (χ0n) is 18.2. The Hall–Kier alpha value is 0.177. The van der Waals surface area contributed by atoms with Crippen LogP contribution in [-0.2, 0) is 0 Å². The highest BCUT2D eigenvalue weighted by atomic mass is 28.3. The number of hydrogen-bond acceptors (Lipinski definition) is 1. The predicted octanol–water partition coefficient (Wildman–Crippen LogP) is 7.91. The molecule has 0 amide bonds. The second kappa shape index (κ2) is 12.5. The maximum atomic E-state index is 6.92. The molecule has 0 radical (unpaired) electrons. The van der Waals surface area contributed by atoms with Crippen LogP contribution < -0.4 is 5.73 Å². The fourth-order valence-corrected chi connectivity index (χ4v) is 5.93. The van der Waals surface area contributed by atoms with Gasteiger partial charge in [0.05, 0.1) is 0 Å². The van der Waals surface area contributed by atoms with Gasteiger partial charge in [0.1, 0.15) is 0 Å². The van der Waals surface area contributed by atoms with E-state index in [9.17, 15) is 0 Å². The van der Waals surface area contributed by atoms with E-state index in [1.54, 1.807) is 0 Å². The smallest absolute Gasteiger partial charge is 0.0442 e. The zero-order valence-corrected chi connectivity index (χ0v) is 19.2. The first kappa shape index (κ1) is 23.2. The highest BCUT2D eigenvalue weighted by molar-refractivity contribution is 6.76. The SMILES string of the molecule is CCCCCC(N)(CCCCC1CCCCC1)CCCC[Si](C)(C)C. The van der Waals surface area contributed by atoms with Crippen molar-refractivity contribution < 1.29 is 0 Å². The van der Waals surface area contributed by atoms with Crippen molar-refractivity contribution in [3.63, 3.8) is 0 Å². The molecular formula is C23H49NSi. The molecule has 1 aliphatic rings. The third-order valence-corrected chi connectivity index (χ3v) is 8.25. The standard InChI is InChI=1S/C23H49NSi/c1-5-6-11-18-23(24,20-13-14-21-25(2,3)4)19-12-10-17-22-15-8-7-9-16-22/h22H,5-21,24H2,1-4H3. The number of rotatable bonds is 14. The molecule has 1 nitrogen and oxygen atoms in total. The molecule has 2 N–H and O–H groups in total. The van der Waals surface area contributed by atoms with Crippen LogP contribution in [0.15, 0.2) is 0 Å². The molecule has 1 atom stereocenters. The lowest BCUT2D eigenvalue weighted by atomic mass is 9.81. The van der Waals surface area contributed by atoms with Gasteiger partial charge in [0.2, 0.25) is 0 Å². The van der Waals surface area contributed by atoms with Gasteiger partial charge in [-0.15, -0.1) is 0 Å². The van der Waals surface area contributed by atoms with Gasteiger partial charge >= 0.3 is 0 Å². The molecule has 150 valence electrons. The average molecular weight is 368 g/mol. The summed E-state index contributed by atoms with van der Waals surface area (Å²) in [5.74, 6) is 1.04. The molecule has 1 rings (SSSR count). The summed E-state index contributed by atoms with van der Waals surface area (Å²) >= 11 is 0. The van der Waals surface area contributed by atoms with Gasteiger partial charge in [0, 0.05) is 13.6 Å². The van der Waals surface area contributed by atoms with Gasteiger partial charge in [-0.3, -0.25) is 0 Å². The summed E-state index contributed by atoms with van der Waals surface area (Å²) < 4.78 is 0. The predicted molar refractivity (Wildman–Crippen MR) is 118 cm³/mol. The maximum Gasteiger partial charge on any atom is 0.0442 e. The van der Waals surface area contributed by atoms with Crippen molar-refractivity contribution in [3.8, 4) is 0 Å². The number of unbranched alkanes of at least 4 members (excludes halogenated alkanes) is 4. The molecule has 0 heterocycles. The molecule has 0 spiro atoms. The lowest BCUT2D eigenvalue weighted by molar-refractivity contribution is 0.290. The number of nitrogens with two attached hydrogens (primary N) is 1. The lowest BCUT2D eigenvalue weighted by Gasteiger charge is -2.31. The van der Waals surface area contributed by atoms with Gasteiger partial charge in [-0.2, -0.15) is 0 Å². The van der Waals surface area contributed by atoms with Crippen molar-refractivity contribution in [3.05, 3.63) is 0 Å². The second-order valence-electron chi connectivity index (χ2n) is 10.3. The first-order chi connectivity index (χ1) is 11.8. The van der Waals surface area contributed by atoms with Crippen LogP contribution >= 0.6 is 0 Å². The van der Waals surface area contributed by atoms with Crippen LogP contribution in [0.25, 0.3) is 0 Å². The summed E-state index contributed by atoms with van der Waals surface area (Å²) in [5.41, 5.74) is 7.06. The van der Waals surface area contributed by atoms with Gasteiger partial charge in [-0.05, 0) is 25.2 Å². The summed E-state index contributed by atoms with van der Waals surface area (Å²) in [6.45, 7) is 9.79. The Morgan fingerprint density at radius 2 is 1.36 bits per heavy atom. The molecule has 0 aliphatic heterocycles. The zero-order chi connectivity index (χ0) is 18.6. The average Bonchev–Trinajstić information content (AvgIpc) is 2.56. The first-order valence-corrected chi connectivity index (χ1v) is 15.3. The van der Waals surface area contributed by atoms with Crippen molar-refractivity contribution in [1.29, 1.82) is 0 Å². The molecule has 1 fully saturated rings. The first-order valence-electron chi connectivity index (χ1n) is 11.6. The van der Waals surface area contributed by atoms with E-state index < -0.39 is 8.07 Å². The molecule has 0 aromatic rings. The number of hydrogen-bond donors (Lipinski definition) is 1. The Morgan fingerprint density at radius 3 is 1.92 bits per heavy atom. The van der Waals surface area contributed by atoms with E-state index >= 15 is 0 Å². The summed E-state index contributed by atoms with van der Waals surface area (Å²) in [5, 5.41) is 0. The highest BCUT2D eigenvalue weighted by Gasteiger charge is 2.24. The fourth-order valence-electron chi connectivity index (χ4n) is 4.62. The summed E-state index contributed by atoms with van der Waals surface area (Å²) in [4.78, 5) is 0. The van der Waals surface area contributed by atoms with Gasteiger partial charge < -0.3 is 5.73 Å². The molecule has 1 saturated carbocycles. The van der Waals surface area contributed by atoms with Crippen molar-refractivity contribution in [2.24, 2.45) is 11.7 Å².